The van der Waals surface area contributed by atoms with Gasteiger partial charge >= 0.3 is 6.18 Å². The smallest absolute Gasteiger partial charge is 0.352 e. The number of nitrogens with zero attached hydrogens (tertiary/aromatic N) is 3. The number of aryl methyl sites for hydroxylation is 1. The first-order valence-corrected chi connectivity index (χ1v) is 8.31. The highest BCUT2D eigenvalue weighted by Crippen LogP contribution is 2.31. The molecule has 0 radical (unpaired) electrons. The maximum Gasteiger partial charge on any atom is 0.416 e. The standard InChI is InChI=1S/C19H17F3N4O/c20-19(21,22)16-6-8-24-17(12-16)14-2-4-15(5-3-14)18(27)25-7-1-10-26-11-9-23-13-26/h2-6,8-9,11-13H,1,7,10H2,(H,25,27). The van der Waals surface area contributed by atoms with Crippen LogP contribution in [0.15, 0.2) is 61.3 Å². The van der Waals surface area contributed by atoms with Crippen molar-refractivity contribution >= 4 is 5.91 Å². The van der Waals surface area contributed by atoms with Gasteiger partial charge in [0.1, 0.15) is 0 Å². The summed E-state index contributed by atoms with van der Waals surface area (Å²) in [7, 11) is 0. The molecule has 0 atom stereocenters. The summed E-state index contributed by atoms with van der Waals surface area (Å²) in [6, 6.07) is 8.23. The van der Waals surface area contributed by atoms with Crippen LogP contribution in [-0.4, -0.2) is 27.0 Å². The molecule has 3 aromatic rings. The molecule has 0 saturated carbocycles. The summed E-state index contributed by atoms with van der Waals surface area (Å²) in [5.41, 5.74) is 0.399. The molecule has 0 aliphatic heterocycles. The highest BCUT2D eigenvalue weighted by atomic mass is 19.4. The lowest BCUT2D eigenvalue weighted by molar-refractivity contribution is -0.137. The average molecular weight is 374 g/mol. The van der Waals surface area contributed by atoms with Crippen LogP contribution in [0.2, 0.25) is 0 Å². The molecule has 0 aliphatic rings. The van der Waals surface area contributed by atoms with Crippen molar-refractivity contribution in [1.82, 2.24) is 19.9 Å². The van der Waals surface area contributed by atoms with Gasteiger partial charge in [-0.2, -0.15) is 13.2 Å². The first kappa shape index (κ1) is 18.6. The van der Waals surface area contributed by atoms with Gasteiger partial charge in [-0.25, -0.2) is 4.98 Å². The van der Waals surface area contributed by atoms with Crippen LogP contribution in [-0.2, 0) is 12.7 Å². The molecule has 1 N–H and O–H groups in total. The van der Waals surface area contributed by atoms with Crippen LogP contribution in [0.5, 0.6) is 0 Å². The molecule has 1 amide bonds. The van der Waals surface area contributed by atoms with E-state index >= 15 is 0 Å². The van der Waals surface area contributed by atoms with Crippen molar-refractivity contribution in [3.63, 3.8) is 0 Å². The first-order chi connectivity index (χ1) is 12.9. The topological polar surface area (TPSA) is 59.8 Å². The van der Waals surface area contributed by atoms with Crippen molar-refractivity contribution in [2.75, 3.05) is 6.54 Å². The van der Waals surface area contributed by atoms with Gasteiger partial charge in [0.15, 0.2) is 0 Å². The number of rotatable bonds is 6. The average Bonchev–Trinajstić information content (AvgIpc) is 3.18. The zero-order valence-corrected chi connectivity index (χ0v) is 14.3. The highest BCUT2D eigenvalue weighted by molar-refractivity contribution is 5.94. The van der Waals surface area contributed by atoms with Gasteiger partial charge in [-0.1, -0.05) is 12.1 Å². The molecule has 3 rings (SSSR count). The number of aromatic nitrogens is 3. The van der Waals surface area contributed by atoms with Crippen molar-refractivity contribution in [3.05, 3.63) is 72.4 Å². The predicted molar refractivity (Wildman–Crippen MR) is 93.9 cm³/mol. The molecule has 140 valence electrons. The molecule has 0 saturated heterocycles. The van der Waals surface area contributed by atoms with Gasteiger partial charge in [0.2, 0.25) is 0 Å². The Bertz CT molecular complexity index is 890. The summed E-state index contributed by atoms with van der Waals surface area (Å²) in [5, 5.41) is 2.81. The number of hydrogen-bond acceptors (Lipinski definition) is 3. The van der Waals surface area contributed by atoms with Crippen LogP contribution >= 0.6 is 0 Å². The fourth-order valence-corrected chi connectivity index (χ4v) is 2.54. The van der Waals surface area contributed by atoms with Gasteiger partial charge in [0, 0.05) is 42.8 Å². The van der Waals surface area contributed by atoms with E-state index in [1.54, 1.807) is 36.8 Å². The lowest BCUT2D eigenvalue weighted by atomic mass is 10.1. The minimum Gasteiger partial charge on any atom is -0.352 e. The Balaban J connectivity index is 1.59. The SMILES string of the molecule is O=C(NCCCn1ccnc1)c1ccc(-c2cc(C(F)(F)F)ccn2)cc1. The van der Waals surface area contributed by atoms with E-state index in [1.165, 1.54) is 0 Å². The van der Waals surface area contributed by atoms with E-state index in [0.29, 0.717) is 17.7 Å². The van der Waals surface area contributed by atoms with Crippen LogP contribution in [0.25, 0.3) is 11.3 Å². The van der Waals surface area contributed by atoms with E-state index in [0.717, 1.165) is 31.3 Å². The van der Waals surface area contributed by atoms with Crippen LogP contribution in [0.4, 0.5) is 13.2 Å². The summed E-state index contributed by atoms with van der Waals surface area (Å²) in [5.74, 6) is -0.232. The molecular formula is C19H17F3N4O. The molecule has 0 aliphatic carbocycles. The van der Waals surface area contributed by atoms with Crippen LogP contribution < -0.4 is 5.32 Å². The van der Waals surface area contributed by atoms with Gasteiger partial charge in [-0.15, -0.1) is 0 Å². The van der Waals surface area contributed by atoms with Crippen LogP contribution in [0, 0.1) is 0 Å². The van der Waals surface area contributed by atoms with Gasteiger partial charge in [0.05, 0.1) is 17.6 Å². The Labute approximate surface area is 153 Å². The van der Waals surface area contributed by atoms with E-state index in [4.69, 9.17) is 0 Å². The third kappa shape index (κ3) is 4.93. The Hall–Kier alpha value is -3.16. The van der Waals surface area contributed by atoms with E-state index in [9.17, 15) is 18.0 Å². The maximum atomic E-state index is 12.8. The number of nitrogens with one attached hydrogen (secondary N) is 1. The molecule has 8 heteroatoms. The number of halogens is 3. The maximum absolute atomic E-state index is 12.8. The molecule has 2 heterocycles. The second-order valence-corrected chi connectivity index (χ2v) is 5.91. The van der Waals surface area contributed by atoms with E-state index < -0.39 is 11.7 Å². The van der Waals surface area contributed by atoms with E-state index in [2.05, 4.69) is 15.3 Å². The van der Waals surface area contributed by atoms with Crippen LogP contribution in [0.1, 0.15) is 22.3 Å². The second kappa shape index (κ2) is 8.03. The number of pyridine rings is 1. The summed E-state index contributed by atoms with van der Waals surface area (Å²) in [6.45, 7) is 1.26. The predicted octanol–water partition coefficient (Wildman–Crippen LogP) is 3.78. The normalized spacial score (nSPS) is 11.4. The van der Waals surface area contributed by atoms with Crippen molar-refractivity contribution in [3.8, 4) is 11.3 Å². The molecule has 1 aromatic carbocycles. The zero-order chi connectivity index (χ0) is 19.3. The molecule has 0 fully saturated rings. The summed E-state index contributed by atoms with van der Waals surface area (Å²) >= 11 is 0. The van der Waals surface area contributed by atoms with Gasteiger partial charge in [-0.05, 0) is 30.7 Å². The number of amides is 1. The van der Waals surface area contributed by atoms with E-state index in [1.807, 2.05) is 10.8 Å². The monoisotopic (exact) mass is 374 g/mol. The Morgan fingerprint density at radius 1 is 1.11 bits per heavy atom. The van der Waals surface area contributed by atoms with E-state index in [-0.39, 0.29) is 11.6 Å². The van der Waals surface area contributed by atoms with Gasteiger partial charge in [0.25, 0.3) is 5.91 Å². The van der Waals surface area contributed by atoms with Crippen molar-refractivity contribution < 1.29 is 18.0 Å². The number of imidazole rings is 1. The third-order valence-electron chi connectivity index (χ3n) is 3.97. The Morgan fingerprint density at radius 3 is 2.56 bits per heavy atom. The highest BCUT2D eigenvalue weighted by Gasteiger charge is 2.30. The Morgan fingerprint density at radius 2 is 1.89 bits per heavy atom. The summed E-state index contributed by atoms with van der Waals surface area (Å²) in [6.07, 6.45) is 2.71. The molecule has 0 bridgehead atoms. The van der Waals surface area contributed by atoms with Gasteiger partial charge in [-0.3, -0.25) is 9.78 Å². The van der Waals surface area contributed by atoms with Crippen molar-refractivity contribution in [1.29, 1.82) is 0 Å². The number of carbonyl (C=O) groups is 1. The molecule has 2 aromatic heterocycles. The molecule has 5 nitrogen and oxygen atoms in total. The van der Waals surface area contributed by atoms with Crippen LogP contribution in [0.3, 0.4) is 0 Å². The number of carbonyl (C=O) groups excluding carboxylic acids is 1. The molecule has 27 heavy (non-hydrogen) atoms. The molecule has 0 unspecified atom stereocenters. The number of alkyl halides is 3. The quantitative estimate of drug-likeness (QED) is 0.668. The lowest BCUT2D eigenvalue weighted by Gasteiger charge is -2.09. The lowest BCUT2D eigenvalue weighted by Crippen LogP contribution is -2.25. The van der Waals surface area contributed by atoms with Crippen molar-refractivity contribution in [2.45, 2.75) is 19.1 Å². The van der Waals surface area contributed by atoms with Gasteiger partial charge < -0.3 is 9.88 Å². The second-order valence-electron chi connectivity index (χ2n) is 5.91. The summed E-state index contributed by atoms with van der Waals surface area (Å²) in [4.78, 5) is 20.1. The number of benzene rings is 1. The first-order valence-electron chi connectivity index (χ1n) is 8.31. The third-order valence-corrected chi connectivity index (χ3v) is 3.97. The molecule has 0 spiro atoms. The fourth-order valence-electron chi connectivity index (χ4n) is 2.54. The molecular weight excluding hydrogens is 357 g/mol. The zero-order valence-electron chi connectivity index (χ0n) is 14.3. The minimum atomic E-state index is -4.42. The minimum absolute atomic E-state index is 0.206. The Kier molecular flexibility index (Phi) is 5.54. The largest absolute Gasteiger partial charge is 0.416 e. The number of hydrogen-bond donors (Lipinski definition) is 1. The fraction of sp³-hybridized carbons (Fsp3) is 0.211. The summed E-state index contributed by atoms with van der Waals surface area (Å²) < 4.78 is 40.3. The van der Waals surface area contributed by atoms with Crippen molar-refractivity contribution in [2.24, 2.45) is 0 Å².